The molecule has 98 valence electrons. The fourth-order valence-corrected chi connectivity index (χ4v) is 2.40. The lowest BCUT2D eigenvalue weighted by molar-refractivity contribution is -0.145. The maximum Gasteiger partial charge on any atom is 0.326 e. The van der Waals surface area contributed by atoms with Gasteiger partial charge in [-0.2, -0.15) is 0 Å². The van der Waals surface area contributed by atoms with Crippen molar-refractivity contribution in [2.24, 2.45) is 5.92 Å². The molecule has 1 aliphatic heterocycles. The monoisotopic (exact) mass is 252 g/mol. The van der Waals surface area contributed by atoms with Crippen molar-refractivity contribution in [1.82, 2.24) is 10.1 Å². The number of rotatable bonds is 2. The molecule has 2 unspecified atom stereocenters. The number of amides is 1. The average molecular weight is 252 g/mol. The second-order valence-corrected chi connectivity index (χ2v) is 4.73. The van der Waals surface area contributed by atoms with Gasteiger partial charge in [0.15, 0.2) is 0 Å². The Kier molecular flexibility index (Phi) is 3.36. The van der Waals surface area contributed by atoms with E-state index >= 15 is 0 Å². The summed E-state index contributed by atoms with van der Waals surface area (Å²) in [5.41, 5.74) is 0.607. The molecule has 0 aromatic carbocycles. The zero-order chi connectivity index (χ0) is 13.3. The Morgan fingerprint density at radius 1 is 1.56 bits per heavy atom. The first-order valence-electron chi connectivity index (χ1n) is 5.98. The number of carboxylic acids is 1. The van der Waals surface area contributed by atoms with Crippen molar-refractivity contribution < 1.29 is 19.2 Å². The molecule has 2 rings (SSSR count). The molecule has 0 saturated carbocycles. The highest BCUT2D eigenvalue weighted by Crippen LogP contribution is 2.25. The van der Waals surface area contributed by atoms with Crippen LogP contribution in [0.2, 0.25) is 0 Å². The van der Waals surface area contributed by atoms with Crippen molar-refractivity contribution in [2.45, 2.75) is 32.7 Å². The van der Waals surface area contributed by atoms with Crippen LogP contribution in [0.25, 0.3) is 0 Å². The van der Waals surface area contributed by atoms with E-state index in [9.17, 15) is 14.7 Å². The molecule has 0 spiro atoms. The van der Waals surface area contributed by atoms with E-state index in [1.807, 2.05) is 6.92 Å². The van der Waals surface area contributed by atoms with Crippen molar-refractivity contribution >= 4 is 11.9 Å². The first kappa shape index (κ1) is 12.6. The van der Waals surface area contributed by atoms with Crippen molar-refractivity contribution in [1.29, 1.82) is 0 Å². The fraction of sp³-hybridized carbons (Fsp3) is 0.583. The molecule has 2 heterocycles. The summed E-state index contributed by atoms with van der Waals surface area (Å²) in [7, 11) is 0. The van der Waals surface area contributed by atoms with E-state index in [0.29, 0.717) is 12.2 Å². The van der Waals surface area contributed by atoms with Gasteiger partial charge in [0.1, 0.15) is 6.04 Å². The molecule has 0 bridgehead atoms. The Bertz CT molecular complexity index is 468. The summed E-state index contributed by atoms with van der Waals surface area (Å²) in [5, 5.41) is 12.9. The van der Waals surface area contributed by atoms with Crippen LogP contribution in [0.3, 0.4) is 0 Å². The Morgan fingerprint density at radius 3 is 2.83 bits per heavy atom. The summed E-state index contributed by atoms with van der Waals surface area (Å²) in [6, 6.07) is 0.747. The zero-order valence-electron chi connectivity index (χ0n) is 10.4. The Hall–Kier alpha value is -1.85. The van der Waals surface area contributed by atoms with Crippen LogP contribution in [0.1, 0.15) is 36.0 Å². The molecule has 0 aliphatic carbocycles. The maximum atomic E-state index is 12.2. The number of hydrogen-bond acceptors (Lipinski definition) is 4. The summed E-state index contributed by atoms with van der Waals surface area (Å²) in [6.07, 6.45) is 1.62. The molecule has 6 heteroatoms. The van der Waals surface area contributed by atoms with Crippen molar-refractivity contribution in [3.8, 4) is 0 Å². The summed E-state index contributed by atoms with van der Waals surface area (Å²) in [6.45, 7) is 4.01. The highest BCUT2D eigenvalue weighted by atomic mass is 16.5. The molecular formula is C12H16N2O4. The van der Waals surface area contributed by atoms with Crippen LogP contribution < -0.4 is 0 Å². The quantitative estimate of drug-likeness (QED) is 0.857. The van der Waals surface area contributed by atoms with Crippen LogP contribution in [-0.4, -0.2) is 39.6 Å². The first-order chi connectivity index (χ1) is 8.50. The van der Waals surface area contributed by atoms with E-state index in [1.165, 1.54) is 11.0 Å². The molecular weight excluding hydrogens is 236 g/mol. The standard InChI is InChI=1S/C12H16N2O4/c1-7-4-3-5-14(10(7)12(16)17)11(15)9-6-8(2)13-18-9/h6-7,10H,3-5H2,1-2H3,(H,16,17). The lowest BCUT2D eigenvalue weighted by atomic mass is 9.90. The van der Waals surface area contributed by atoms with E-state index in [0.717, 1.165) is 12.8 Å². The van der Waals surface area contributed by atoms with E-state index < -0.39 is 17.9 Å². The Balaban J connectivity index is 2.24. The summed E-state index contributed by atoms with van der Waals surface area (Å²) < 4.78 is 4.91. The van der Waals surface area contributed by atoms with Gasteiger partial charge >= 0.3 is 5.97 Å². The average Bonchev–Trinajstić information content (AvgIpc) is 2.74. The van der Waals surface area contributed by atoms with Gasteiger partial charge in [0.25, 0.3) is 5.91 Å². The molecule has 0 radical (unpaired) electrons. The zero-order valence-corrected chi connectivity index (χ0v) is 10.4. The second kappa shape index (κ2) is 4.80. The van der Waals surface area contributed by atoms with Gasteiger partial charge in [-0.1, -0.05) is 12.1 Å². The number of hydrogen-bond donors (Lipinski definition) is 1. The lowest BCUT2D eigenvalue weighted by Gasteiger charge is -2.36. The van der Waals surface area contributed by atoms with Crippen molar-refractivity contribution in [3.05, 3.63) is 17.5 Å². The number of carbonyl (C=O) groups is 2. The van der Waals surface area contributed by atoms with Gasteiger partial charge in [0, 0.05) is 12.6 Å². The second-order valence-electron chi connectivity index (χ2n) is 4.73. The molecule has 1 saturated heterocycles. The first-order valence-corrected chi connectivity index (χ1v) is 5.98. The van der Waals surface area contributed by atoms with Gasteiger partial charge in [-0.05, 0) is 25.7 Å². The van der Waals surface area contributed by atoms with Gasteiger partial charge < -0.3 is 14.5 Å². The van der Waals surface area contributed by atoms with E-state index in [-0.39, 0.29) is 11.7 Å². The van der Waals surface area contributed by atoms with Crippen LogP contribution >= 0.6 is 0 Å². The van der Waals surface area contributed by atoms with Gasteiger partial charge in [-0.25, -0.2) is 4.79 Å². The van der Waals surface area contributed by atoms with Crippen molar-refractivity contribution in [3.63, 3.8) is 0 Å². The maximum absolute atomic E-state index is 12.2. The van der Waals surface area contributed by atoms with E-state index in [2.05, 4.69) is 5.16 Å². The van der Waals surface area contributed by atoms with Gasteiger partial charge in [0.2, 0.25) is 5.76 Å². The third-order valence-electron chi connectivity index (χ3n) is 3.29. The van der Waals surface area contributed by atoms with Crippen LogP contribution in [0.5, 0.6) is 0 Å². The third kappa shape index (κ3) is 2.23. The van der Waals surface area contributed by atoms with E-state index in [1.54, 1.807) is 6.92 Å². The highest BCUT2D eigenvalue weighted by Gasteiger charge is 2.38. The molecule has 1 aliphatic rings. The fourth-order valence-electron chi connectivity index (χ4n) is 2.40. The number of aryl methyl sites for hydroxylation is 1. The Labute approximate surface area is 105 Å². The number of carboxylic acid groups (broad SMARTS) is 1. The van der Waals surface area contributed by atoms with Gasteiger partial charge in [-0.15, -0.1) is 0 Å². The summed E-state index contributed by atoms with van der Waals surface area (Å²) in [5.74, 6) is -1.31. The predicted octanol–water partition coefficient (Wildman–Crippen LogP) is 1.31. The van der Waals surface area contributed by atoms with Crippen LogP contribution in [-0.2, 0) is 4.79 Å². The normalized spacial score (nSPS) is 24.0. The minimum Gasteiger partial charge on any atom is -0.480 e. The van der Waals surface area contributed by atoms with Gasteiger partial charge in [-0.3, -0.25) is 4.79 Å². The van der Waals surface area contributed by atoms with Crippen LogP contribution in [0, 0.1) is 12.8 Å². The predicted molar refractivity (Wildman–Crippen MR) is 62.1 cm³/mol. The minimum atomic E-state index is -0.966. The third-order valence-corrected chi connectivity index (χ3v) is 3.29. The molecule has 1 aromatic rings. The molecule has 1 aromatic heterocycles. The number of nitrogens with zero attached hydrogens (tertiary/aromatic N) is 2. The highest BCUT2D eigenvalue weighted by molar-refractivity contribution is 5.94. The Morgan fingerprint density at radius 2 is 2.28 bits per heavy atom. The number of likely N-dealkylation sites (tertiary alicyclic amines) is 1. The topological polar surface area (TPSA) is 83.6 Å². The van der Waals surface area contributed by atoms with Crippen LogP contribution in [0.15, 0.2) is 10.6 Å². The molecule has 1 fully saturated rings. The number of aliphatic carboxylic acids is 1. The number of carbonyl (C=O) groups excluding carboxylic acids is 1. The molecule has 1 amide bonds. The van der Waals surface area contributed by atoms with Crippen LogP contribution in [0.4, 0.5) is 0 Å². The number of aromatic nitrogens is 1. The molecule has 18 heavy (non-hydrogen) atoms. The molecule has 1 N–H and O–H groups in total. The van der Waals surface area contributed by atoms with Crippen molar-refractivity contribution in [2.75, 3.05) is 6.54 Å². The lowest BCUT2D eigenvalue weighted by Crippen LogP contribution is -2.51. The molecule has 2 atom stereocenters. The smallest absolute Gasteiger partial charge is 0.326 e. The van der Waals surface area contributed by atoms with E-state index in [4.69, 9.17) is 4.52 Å². The summed E-state index contributed by atoms with van der Waals surface area (Å²) >= 11 is 0. The summed E-state index contributed by atoms with van der Waals surface area (Å²) in [4.78, 5) is 24.8. The molecule has 6 nitrogen and oxygen atoms in total. The SMILES string of the molecule is Cc1cc(C(=O)N2CCCC(C)C2C(=O)O)on1. The van der Waals surface area contributed by atoms with Gasteiger partial charge in [0.05, 0.1) is 5.69 Å². The minimum absolute atomic E-state index is 0.0516. The largest absolute Gasteiger partial charge is 0.480 e. The number of piperidine rings is 1.